The fraction of sp³-hybridized carbons (Fsp3) is 0.429. The number of hydrogen-bond acceptors (Lipinski definition) is 3. The van der Waals surface area contributed by atoms with Gasteiger partial charge >= 0.3 is 0 Å². The van der Waals surface area contributed by atoms with Crippen molar-refractivity contribution in [2.45, 2.75) is 32.4 Å². The Labute approximate surface area is 108 Å². The SMILES string of the molecule is CCC(N)CC(=O)N(CC#N)Cc1ccccc1. The Morgan fingerprint density at radius 2 is 2.11 bits per heavy atom. The largest absolute Gasteiger partial charge is 0.327 e. The summed E-state index contributed by atoms with van der Waals surface area (Å²) in [6.45, 7) is 2.51. The van der Waals surface area contributed by atoms with Crippen LogP contribution in [0.4, 0.5) is 0 Å². The third-order valence-electron chi connectivity index (χ3n) is 2.79. The molecule has 1 aromatic rings. The highest BCUT2D eigenvalue weighted by Crippen LogP contribution is 2.07. The average molecular weight is 245 g/mol. The molecule has 0 saturated carbocycles. The predicted molar refractivity (Wildman–Crippen MR) is 70.4 cm³/mol. The first-order valence-corrected chi connectivity index (χ1v) is 6.11. The van der Waals surface area contributed by atoms with Crippen LogP contribution in [0.1, 0.15) is 25.3 Å². The molecule has 0 aliphatic carbocycles. The Morgan fingerprint density at radius 1 is 1.44 bits per heavy atom. The van der Waals surface area contributed by atoms with Crippen LogP contribution in [0.2, 0.25) is 0 Å². The molecule has 0 aliphatic heterocycles. The Kier molecular flexibility index (Phi) is 5.89. The fourth-order valence-electron chi connectivity index (χ4n) is 1.62. The van der Waals surface area contributed by atoms with E-state index in [1.165, 1.54) is 0 Å². The van der Waals surface area contributed by atoms with Crippen LogP contribution in [0, 0.1) is 11.3 Å². The van der Waals surface area contributed by atoms with Gasteiger partial charge in [-0.1, -0.05) is 37.3 Å². The second-order valence-corrected chi connectivity index (χ2v) is 4.27. The van der Waals surface area contributed by atoms with Crippen molar-refractivity contribution < 1.29 is 4.79 Å². The van der Waals surface area contributed by atoms with Crippen LogP contribution in [-0.2, 0) is 11.3 Å². The van der Waals surface area contributed by atoms with Crippen LogP contribution < -0.4 is 5.73 Å². The van der Waals surface area contributed by atoms with E-state index in [-0.39, 0.29) is 18.5 Å². The second-order valence-electron chi connectivity index (χ2n) is 4.27. The number of nitrogens with zero attached hydrogens (tertiary/aromatic N) is 2. The summed E-state index contributed by atoms with van der Waals surface area (Å²) in [6.07, 6.45) is 1.06. The van der Waals surface area contributed by atoms with Gasteiger partial charge in [0.2, 0.25) is 5.91 Å². The van der Waals surface area contributed by atoms with E-state index in [1.54, 1.807) is 4.90 Å². The number of carbonyl (C=O) groups is 1. The van der Waals surface area contributed by atoms with Crippen LogP contribution in [0.15, 0.2) is 30.3 Å². The van der Waals surface area contributed by atoms with Gasteiger partial charge in [-0.25, -0.2) is 0 Å². The Balaban J connectivity index is 2.65. The quantitative estimate of drug-likeness (QED) is 0.775. The standard InChI is InChI=1S/C14H19N3O/c1-2-13(16)10-14(18)17(9-8-15)11-12-6-4-3-5-7-12/h3-7,13H,2,9-11,16H2,1H3. The summed E-state index contributed by atoms with van der Waals surface area (Å²) in [5, 5.41) is 8.78. The molecule has 0 heterocycles. The molecule has 1 unspecified atom stereocenters. The van der Waals surface area contributed by atoms with Crippen molar-refractivity contribution in [2.75, 3.05) is 6.54 Å². The number of carbonyl (C=O) groups excluding carboxylic acids is 1. The first-order chi connectivity index (χ1) is 8.67. The predicted octanol–water partition coefficient (Wildman–Crippen LogP) is 1.67. The van der Waals surface area contributed by atoms with E-state index in [4.69, 9.17) is 11.0 Å². The molecule has 0 bridgehead atoms. The van der Waals surface area contributed by atoms with Crippen molar-refractivity contribution in [3.8, 4) is 6.07 Å². The highest BCUT2D eigenvalue weighted by atomic mass is 16.2. The van der Waals surface area contributed by atoms with Gasteiger partial charge < -0.3 is 10.6 Å². The molecule has 96 valence electrons. The number of rotatable bonds is 6. The van der Waals surface area contributed by atoms with Gasteiger partial charge in [0.25, 0.3) is 0 Å². The lowest BCUT2D eigenvalue weighted by Gasteiger charge is -2.21. The summed E-state index contributed by atoms with van der Waals surface area (Å²) >= 11 is 0. The number of hydrogen-bond donors (Lipinski definition) is 1. The third kappa shape index (κ3) is 4.56. The molecule has 0 aromatic heterocycles. The monoisotopic (exact) mass is 245 g/mol. The van der Waals surface area contributed by atoms with Crippen LogP contribution in [0.5, 0.6) is 0 Å². The lowest BCUT2D eigenvalue weighted by Crippen LogP contribution is -2.35. The molecular weight excluding hydrogens is 226 g/mol. The van der Waals surface area contributed by atoms with E-state index in [9.17, 15) is 4.79 Å². The van der Waals surface area contributed by atoms with Gasteiger partial charge in [0.05, 0.1) is 6.07 Å². The number of nitriles is 1. The molecule has 0 radical (unpaired) electrons. The van der Waals surface area contributed by atoms with Gasteiger partial charge in [-0.3, -0.25) is 4.79 Å². The van der Waals surface area contributed by atoms with Crippen molar-refractivity contribution >= 4 is 5.91 Å². The van der Waals surface area contributed by atoms with Crippen LogP contribution in [-0.4, -0.2) is 23.4 Å². The zero-order valence-corrected chi connectivity index (χ0v) is 10.7. The highest BCUT2D eigenvalue weighted by molar-refractivity contribution is 5.77. The normalized spacial score (nSPS) is 11.6. The van der Waals surface area contributed by atoms with E-state index >= 15 is 0 Å². The van der Waals surface area contributed by atoms with Crippen molar-refractivity contribution in [2.24, 2.45) is 5.73 Å². The Bertz CT molecular complexity index is 411. The molecule has 0 aliphatic rings. The summed E-state index contributed by atoms with van der Waals surface area (Å²) in [5.41, 5.74) is 6.79. The maximum Gasteiger partial charge on any atom is 0.225 e. The van der Waals surface area contributed by atoms with Gasteiger partial charge in [-0.2, -0.15) is 5.26 Å². The zero-order chi connectivity index (χ0) is 13.4. The first-order valence-electron chi connectivity index (χ1n) is 6.11. The van der Waals surface area contributed by atoms with Crippen molar-refractivity contribution in [1.29, 1.82) is 5.26 Å². The molecule has 4 heteroatoms. The third-order valence-corrected chi connectivity index (χ3v) is 2.79. The smallest absolute Gasteiger partial charge is 0.225 e. The van der Waals surface area contributed by atoms with E-state index < -0.39 is 0 Å². The highest BCUT2D eigenvalue weighted by Gasteiger charge is 2.16. The summed E-state index contributed by atoms with van der Waals surface area (Å²) in [4.78, 5) is 13.5. The molecular formula is C14H19N3O. The number of benzene rings is 1. The summed E-state index contributed by atoms with van der Waals surface area (Å²) in [7, 11) is 0. The first kappa shape index (κ1) is 14.2. The number of amides is 1. The minimum Gasteiger partial charge on any atom is -0.327 e. The van der Waals surface area contributed by atoms with Crippen LogP contribution >= 0.6 is 0 Å². The number of nitrogens with two attached hydrogens (primary N) is 1. The molecule has 0 spiro atoms. The summed E-state index contributed by atoms with van der Waals surface area (Å²) in [6, 6.07) is 11.5. The van der Waals surface area contributed by atoms with Gasteiger partial charge in [-0.15, -0.1) is 0 Å². The van der Waals surface area contributed by atoms with Crippen molar-refractivity contribution in [3.63, 3.8) is 0 Å². The average Bonchev–Trinajstić information content (AvgIpc) is 2.39. The van der Waals surface area contributed by atoms with Gasteiger partial charge in [0.15, 0.2) is 0 Å². The van der Waals surface area contributed by atoms with Crippen LogP contribution in [0.3, 0.4) is 0 Å². The van der Waals surface area contributed by atoms with Crippen molar-refractivity contribution in [1.82, 2.24) is 4.90 Å². The molecule has 18 heavy (non-hydrogen) atoms. The lowest BCUT2D eigenvalue weighted by molar-refractivity contribution is -0.131. The minimum atomic E-state index is -0.130. The molecule has 1 atom stereocenters. The Morgan fingerprint density at radius 3 is 2.67 bits per heavy atom. The molecule has 4 nitrogen and oxygen atoms in total. The van der Waals surface area contributed by atoms with Gasteiger partial charge in [-0.05, 0) is 12.0 Å². The summed E-state index contributed by atoms with van der Waals surface area (Å²) in [5.74, 6) is -0.0604. The van der Waals surface area contributed by atoms with Gasteiger partial charge in [0, 0.05) is 19.0 Å². The summed E-state index contributed by atoms with van der Waals surface area (Å²) < 4.78 is 0. The molecule has 0 saturated heterocycles. The van der Waals surface area contributed by atoms with E-state index in [1.807, 2.05) is 43.3 Å². The maximum atomic E-state index is 12.0. The van der Waals surface area contributed by atoms with E-state index in [0.717, 1.165) is 12.0 Å². The topological polar surface area (TPSA) is 70.1 Å². The van der Waals surface area contributed by atoms with Crippen LogP contribution in [0.25, 0.3) is 0 Å². The van der Waals surface area contributed by atoms with Crippen molar-refractivity contribution in [3.05, 3.63) is 35.9 Å². The lowest BCUT2D eigenvalue weighted by atomic mass is 10.1. The molecule has 1 rings (SSSR count). The van der Waals surface area contributed by atoms with E-state index in [2.05, 4.69) is 0 Å². The molecule has 0 fully saturated rings. The maximum absolute atomic E-state index is 12.0. The molecule has 2 N–H and O–H groups in total. The zero-order valence-electron chi connectivity index (χ0n) is 10.7. The Hall–Kier alpha value is -1.86. The minimum absolute atomic E-state index is 0.0604. The molecule has 1 aromatic carbocycles. The van der Waals surface area contributed by atoms with E-state index in [0.29, 0.717) is 13.0 Å². The van der Waals surface area contributed by atoms with Gasteiger partial charge in [0.1, 0.15) is 6.54 Å². The second kappa shape index (κ2) is 7.46. The molecule has 1 amide bonds. The fourth-order valence-corrected chi connectivity index (χ4v) is 1.62.